The van der Waals surface area contributed by atoms with E-state index in [1.807, 2.05) is 13.8 Å². The second-order valence-corrected chi connectivity index (χ2v) is 8.43. The quantitative estimate of drug-likeness (QED) is 0.0827. The highest BCUT2D eigenvalue weighted by Crippen LogP contribution is 1.99. The van der Waals surface area contributed by atoms with Gasteiger partial charge in [0, 0.05) is 51.5 Å². The Labute approximate surface area is 231 Å². The van der Waals surface area contributed by atoms with Crippen LogP contribution in [0.15, 0.2) is 0 Å². The fourth-order valence-electron chi connectivity index (χ4n) is 2.67. The molecule has 0 rings (SSSR count). The first-order valence-corrected chi connectivity index (χ1v) is 13.5. The van der Waals surface area contributed by atoms with Crippen LogP contribution < -0.4 is 26.6 Å². The summed E-state index contributed by atoms with van der Waals surface area (Å²) in [5, 5.41) is 13.3. The van der Waals surface area contributed by atoms with Crippen LogP contribution in [0.3, 0.4) is 0 Å². The van der Waals surface area contributed by atoms with E-state index < -0.39 is 0 Å². The minimum Gasteiger partial charge on any atom is -0.377 e. The van der Waals surface area contributed by atoms with Gasteiger partial charge in [0.25, 0.3) is 0 Å². The number of carbonyl (C=O) groups is 5. The van der Waals surface area contributed by atoms with Gasteiger partial charge in [-0.25, -0.2) is 0 Å². The maximum Gasteiger partial charge on any atom is 0.246 e. The van der Waals surface area contributed by atoms with Gasteiger partial charge in [-0.1, -0.05) is 20.8 Å². The van der Waals surface area contributed by atoms with Crippen molar-refractivity contribution in [3.63, 3.8) is 0 Å². The molecule has 0 fully saturated rings. The molecule has 0 saturated heterocycles. The van der Waals surface area contributed by atoms with Crippen molar-refractivity contribution < 1.29 is 42.9 Å². The third-order valence-electron chi connectivity index (χ3n) is 5.15. The molecule has 0 heterocycles. The fraction of sp³-hybridized carbons (Fsp3) is 0.800. The normalized spacial score (nSPS) is 11.4. The zero-order valence-corrected chi connectivity index (χ0v) is 23.6. The molecule has 14 heteroatoms. The summed E-state index contributed by atoms with van der Waals surface area (Å²) < 4.78 is 21.0. The van der Waals surface area contributed by atoms with E-state index in [1.54, 1.807) is 6.92 Å². The van der Waals surface area contributed by atoms with E-state index in [4.69, 9.17) is 18.9 Å². The smallest absolute Gasteiger partial charge is 0.246 e. The van der Waals surface area contributed by atoms with Crippen molar-refractivity contribution in [2.45, 2.75) is 40.0 Å². The van der Waals surface area contributed by atoms with E-state index in [1.165, 1.54) is 0 Å². The van der Waals surface area contributed by atoms with Crippen molar-refractivity contribution in [2.24, 2.45) is 5.92 Å². The number of ether oxygens (including phenoxy) is 4. The Morgan fingerprint density at radius 2 is 1.00 bits per heavy atom. The zero-order chi connectivity index (χ0) is 29.1. The highest BCUT2D eigenvalue weighted by atomic mass is 16.5. The van der Waals surface area contributed by atoms with E-state index in [0.29, 0.717) is 32.7 Å². The Hall–Kier alpha value is -2.81. The first-order chi connectivity index (χ1) is 18.8. The number of rotatable bonds is 25. The lowest BCUT2D eigenvalue weighted by atomic mass is 10.1. The van der Waals surface area contributed by atoms with Gasteiger partial charge in [0.05, 0.1) is 39.6 Å². The van der Waals surface area contributed by atoms with Crippen LogP contribution in [-0.4, -0.2) is 115 Å². The van der Waals surface area contributed by atoms with Crippen molar-refractivity contribution in [1.82, 2.24) is 26.6 Å². The van der Waals surface area contributed by atoms with Crippen LogP contribution in [0.25, 0.3) is 0 Å². The van der Waals surface area contributed by atoms with Crippen LogP contribution in [0, 0.1) is 5.92 Å². The SMILES string of the molecule is CCC(=O)NCCOCCOCC(=O)NCCOCCOCC(=O)NCCNC(=O)CCNC(=O)C(C)CC. The Bertz CT molecular complexity index is 709. The summed E-state index contributed by atoms with van der Waals surface area (Å²) >= 11 is 0. The number of nitrogens with one attached hydrogen (secondary N) is 5. The molecule has 5 N–H and O–H groups in total. The average Bonchev–Trinajstić information content (AvgIpc) is 2.93. The molecule has 0 saturated carbocycles. The van der Waals surface area contributed by atoms with Crippen molar-refractivity contribution in [3.8, 4) is 0 Å². The van der Waals surface area contributed by atoms with E-state index >= 15 is 0 Å². The first-order valence-electron chi connectivity index (χ1n) is 13.5. The van der Waals surface area contributed by atoms with Crippen LogP contribution >= 0.6 is 0 Å². The Kier molecular flexibility index (Phi) is 23.6. The van der Waals surface area contributed by atoms with E-state index in [0.717, 1.165) is 6.42 Å². The molecule has 0 aromatic carbocycles. The number of hydrogen-bond donors (Lipinski definition) is 5. The molecule has 0 aliphatic rings. The molecular formula is C25H47N5O9. The van der Waals surface area contributed by atoms with Crippen LogP contribution in [0.5, 0.6) is 0 Å². The van der Waals surface area contributed by atoms with Gasteiger partial charge in [-0.3, -0.25) is 24.0 Å². The van der Waals surface area contributed by atoms with Gasteiger partial charge in [0.1, 0.15) is 13.2 Å². The van der Waals surface area contributed by atoms with Gasteiger partial charge in [0.2, 0.25) is 29.5 Å². The van der Waals surface area contributed by atoms with E-state index in [2.05, 4.69) is 26.6 Å². The average molecular weight is 562 g/mol. The fourth-order valence-corrected chi connectivity index (χ4v) is 2.67. The minimum absolute atomic E-state index is 0.0278. The predicted octanol–water partition coefficient (Wildman–Crippen LogP) is -1.52. The van der Waals surface area contributed by atoms with Gasteiger partial charge in [-0.05, 0) is 6.42 Å². The molecule has 1 unspecified atom stereocenters. The zero-order valence-electron chi connectivity index (χ0n) is 23.6. The molecule has 226 valence electrons. The predicted molar refractivity (Wildman–Crippen MR) is 143 cm³/mol. The third kappa shape index (κ3) is 24.0. The monoisotopic (exact) mass is 561 g/mol. The minimum atomic E-state index is -0.314. The van der Waals surface area contributed by atoms with Crippen LogP contribution in [0.1, 0.15) is 40.0 Å². The molecule has 0 spiro atoms. The molecule has 0 aromatic heterocycles. The summed E-state index contributed by atoms with van der Waals surface area (Å²) in [6.45, 7) is 8.62. The van der Waals surface area contributed by atoms with Gasteiger partial charge in [-0.15, -0.1) is 0 Å². The summed E-state index contributed by atoms with van der Waals surface area (Å²) in [5.41, 5.74) is 0. The van der Waals surface area contributed by atoms with Crippen molar-refractivity contribution in [3.05, 3.63) is 0 Å². The molecule has 5 amide bonds. The van der Waals surface area contributed by atoms with Crippen molar-refractivity contribution in [1.29, 1.82) is 0 Å². The molecular weight excluding hydrogens is 514 g/mol. The maximum atomic E-state index is 11.7. The second-order valence-electron chi connectivity index (χ2n) is 8.43. The topological polar surface area (TPSA) is 182 Å². The largest absolute Gasteiger partial charge is 0.377 e. The second kappa shape index (κ2) is 25.5. The molecule has 14 nitrogen and oxygen atoms in total. The van der Waals surface area contributed by atoms with Gasteiger partial charge < -0.3 is 45.5 Å². The molecule has 0 aliphatic heterocycles. The van der Waals surface area contributed by atoms with E-state index in [9.17, 15) is 24.0 Å². The lowest BCUT2D eigenvalue weighted by molar-refractivity contribution is -0.127. The van der Waals surface area contributed by atoms with Crippen LogP contribution in [0.2, 0.25) is 0 Å². The van der Waals surface area contributed by atoms with E-state index in [-0.39, 0.29) is 101 Å². The van der Waals surface area contributed by atoms with Crippen LogP contribution in [0.4, 0.5) is 0 Å². The summed E-state index contributed by atoms with van der Waals surface area (Å²) in [6, 6.07) is 0. The Balaban J connectivity index is 3.44. The Morgan fingerprint density at radius 1 is 0.538 bits per heavy atom. The standard InChI is InChI=1S/C25H47N5O9/c1-4-20(3)25(35)30-7-6-22(32)26-8-9-27-23(33)18-38-16-15-37-13-11-29-24(34)19-39-17-14-36-12-10-28-21(31)5-2/h20H,4-19H2,1-3H3,(H,26,32)(H,27,33)(H,28,31)(H,29,34)(H,30,35). The maximum absolute atomic E-state index is 11.7. The molecule has 0 aliphatic carbocycles. The van der Waals surface area contributed by atoms with Gasteiger partial charge >= 0.3 is 0 Å². The molecule has 0 radical (unpaired) electrons. The number of carbonyl (C=O) groups excluding carboxylic acids is 5. The number of amides is 5. The van der Waals surface area contributed by atoms with Crippen LogP contribution in [-0.2, 0) is 42.9 Å². The van der Waals surface area contributed by atoms with Gasteiger partial charge in [-0.2, -0.15) is 0 Å². The molecule has 39 heavy (non-hydrogen) atoms. The summed E-state index contributed by atoms with van der Waals surface area (Å²) in [7, 11) is 0. The van der Waals surface area contributed by atoms with Crippen molar-refractivity contribution >= 4 is 29.5 Å². The summed E-state index contributed by atoms with van der Waals surface area (Å²) in [5.74, 6) is -0.964. The highest BCUT2D eigenvalue weighted by Gasteiger charge is 2.10. The molecule has 0 aromatic rings. The Morgan fingerprint density at radius 3 is 1.51 bits per heavy atom. The lowest BCUT2D eigenvalue weighted by Gasteiger charge is -2.10. The number of hydrogen-bond acceptors (Lipinski definition) is 9. The third-order valence-corrected chi connectivity index (χ3v) is 5.15. The lowest BCUT2D eigenvalue weighted by Crippen LogP contribution is -2.38. The highest BCUT2D eigenvalue weighted by molar-refractivity contribution is 5.80. The summed E-state index contributed by atoms with van der Waals surface area (Å²) in [4.78, 5) is 57.8. The molecule has 0 bridgehead atoms. The molecule has 1 atom stereocenters. The summed E-state index contributed by atoms with van der Waals surface area (Å²) in [6.07, 6.45) is 1.36. The van der Waals surface area contributed by atoms with Crippen molar-refractivity contribution in [2.75, 3.05) is 85.6 Å². The first kappa shape index (κ1) is 36.2. The van der Waals surface area contributed by atoms with Gasteiger partial charge in [0.15, 0.2) is 0 Å².